The van der Waals surface area contributed by atoms with E-state index in [1.807, 2.05) is 13.8 Å². The lowest BCUT2D eigenvalue weighted by Gasteiger charge is -2.17. The summed E-state index contributed by atoms with van der Waals surface area (Å²) in [6, 6.07) is 0.0626. The van der Waals surface area contributed by atoms with Gasteiger partial charge in [-0.3, -0.25) is 4.79 Å². The van der Waals surface area contributed by atoms with Gasteiger partial charge in [0.15, 0.2) is 0 Å². The Morgan fingerprint density at radius 2 is 2.19 bits per heavy atom. The van der Waals surface area contributed by atoms with Gasteiger partial charge in [-0.05, 0) is 6.42 Å². The molecule has 1 rings (SSSR count). The number of primary sulfonamides is 1. The van der Waals surface area contributed by atoms with Gasteiger partial charge in [0.2, 0.25) is 15.9 Å². The van der Waals surface area contributed by atoms with E-state index in [4.69, 9.17) is 5.14 Å². The standard InChI is InChI=1S/C9H19N3O3S/c1-7(2)11-8-3-4-12(9(8)13)5-6-16(10,14)15/h7-8,11H,3-6H2,1-2H3,(H2,10,14,15). The first-order valence-electron chi connectivity index (χ1n) is 5.35. The lowest BCUT2D eigenvalue weighted by atomic mass is 10.2. The van der Waals surface area contributed by atoms with Crippen LogP contribution in [0.25, 0.3) is 0 Å². The Kier molecular flexibility index (Phi) is 4.28. The van der Waals surface area contributed by atoms with Gasteiger partial charge in [-0.25, -0.2) is 13.6 Å². The van der Waals surface area contributed by atoms with Gasteiger partial charge in [0.1, 0.15) is 0 Å². The van der Waals surface area contributed by atoms with E-state index in [0.29, 0.717) is 6.54 Å². The van der Waals surface area contributed by atoms with Crippen LogP contribution in [-0.4, -0.2) is 50.2 Å². The molecule has 0 aliphatic carbocycles. The molecule has 0 aromatic rings. The zero-order valence-electron chi connectivity index (χ0n) is 9.64. The van der Waals surface area contributed by atoms with Crippen molar-refractivity contribution in [2.24, 2.45) is 5.14 Å². The third kappa shape index (κ3) is 4.07. The number of hydrogen-bond acceptors (Lipinski definition) is 4. The number of likely N-dealkylation sites (tertiary alicyclic amines) is 1. The highest BCUT2D eigenvalue weighted by atomic mass is 32.2. The van der Waals surface area contributed by atoms with Crippen molar-refractivity contribution in [1.82, 2.24) is 10.2 Å². The molecule has 1 saturated heterocycles. The zero-order chi connectivity index (χ0) is 12.3. The molecule has 1 unspecified atom stereocenters. The van der Waals surface area contributed by atoms with Crippen LogP contribution in [0.2, 0.25) is 0 Å². The molecular weight excluding hydrogens is 230 g/mol. The van der Waals surface area contributed by atoms with Crippen molar-refractivity contribution in [3.63, 3.8) is 0 Å². The van der Waals surface area contributed by atoms with Crippen LogP contribution in [0.4, 0.5) is 0 Å². The predicted octanol–water partition coefficient (Wildman–Crippen LogP) is -1.13. The maximum atomic E-state index is 11.8. The Morgan fingerprint density at radius 1 is 1.56 bits per heavy atom. The van der Waals surface area contributed by atoms with Crippen LogP contribution in [-0.2, 0) is 14.8 Å². The summed E-state index contributed by atoms with van der Waals surface area (Å²) in [5, 5.41) is 8.04. The van der Waals surface area contributed by atoms with Gasteiger partial charge in [0.05, 0.1) is 11.8 Å². The number of nitrogens with one attached hydrogen (secondary N) is 1. The molecule has 0 aromatic heterocycles. The van der Waals surface area contributed by atoms with Crippen LogP contribution < -0.4 is 10.5 Å². The molecule has 6 nitrogen and oxygen atoms in total. The summed E-state index contributed by atoms with van der Waals surface area (Å²) >= 11 is 0. The highest BCUT2D eigenvalue weighted by Gasteiger charge is 2.31. The fourth-order valence-electron chi connectivity index (χ4n) is 1.76. The quantitative estimate of drug-likeness (QED) is 0.645. The second kappa shape index (κ2) is 5.11. The summed E-state index contributed by atoms with van der Waals surface area (Å²) in [6.07, 6.45) is 0.724. The second-order valence-electron chi connectivity index (χ2n) is 4.35. The average Bonchev–Trinajstić information content (AvgIpc) is 2.43. The minimum absolute atomic E-state index is 0.0302. The van der Waals surface area contributed by atoms with Gasteiger partial charge >= 0.3 is 0 Å². The third-order valence-corrected chi connectivity index (χ3v) is 3.23. The molecule has 1 amide bonds. The van der Waals surface area contributed by atoms with E-state index in [-0.39, 0.29) is 30.3 Å². The molecular formula is C9H19N3O3S. The number of carbonyl (C=O) groups excluding carboxylic acids is 1. The van der Waals surface area contributed by atoms with Crippen LogP contribution in [0.5, 0.6) is 0 Å². The molecule has 1 aliphatic heterocycles. The van der Waals surface area contributed by atoms with Crippen molar-refractivity contribution in [3.8, 4) is 0 Å². The van der Waals surface area contributed by atoms with Crippen molar-refractivity contribution in [2.75, 3.05) is 18.8 Å². The van der Waals surface area contributed by atoms with E-state index in [9.17, 15) is 13.2 Å². The molecule has 16 heavy (non-hydrogen) atoms. The maximum absolute atomic E-state index is 11.8. The van der Waals surface area contributed by atoms with Gasteiger partial charge in [0, 0.05) is 19.1 Å². The third-order valence-electron chi connectivity index (χ3n) is 2.48. The van der Waals surface area contributed by atoms with Crippen LogP contribution >= 0.6 is 0 Å². The van der Waals surface area contributed by atoms with E-state index in [1.165, 1.54) is 0 Å². The number of amides is 1. The molecule has 1 fully saturated rings. The summed E-state index contributed by atoms with van der Waals surface area (Å²) in [7, 11) is -3.49. The van der Waals surface area contributed by atoms with Gasteiger partial charge in [-0.15, -0.1) is 0 Å². The number of carbonyl (C=O) groups is 1. The molecule has 7 heteroatoms. The zero-order valence-corrected chi connectivity index (χ0v) is 10.5. The van der Waals surface area contributed by atoms with E-state index >= 15 is 0 Å². The Bertz CT molecular complexity index is 353. The van der Waals surface area contributed by atoms with Crippen LogP contribution in [0, 0.1) is 0 Å². The van der Waals surface area contributed by atoms with Crippen molar-refractivity contribution < 1.29 is 13.2 Å². The molecule has 1 atom stereocenters. The second-order valence-corrected chi connectivity index (χ2v) is 6.09. The summed E-state index contributed by atoms with van der Waals surface area (Å²) in [4.78, 5) is 13.3. The van der Waals surface area contributed by atoms with Crippen molar-refractivity contribution in [3.05, 3.63) is 0 Å². The molecule has 3 N–H and O–H groups in total. The number of hydrogen-bond donors (Lipinski definition) is 2. The lowest BCUT2D eigenvalue weighted by Crippen LogP contribution is -2.42. The van der Waals surface area contributed by atoms with E-state index in [2.05, 4.69) is 5.32 Å². The van der Waals surface area contributed by atoms with Crippen molar-refractivity contribution in [2.45, 2.75) is 32.4 Å². The van der Waals surface area contributed by atoms with Gasteiger partial charge in [-0.2, -0.15) is 0 Å². The van der Waals surface area contributed by atoms with Crippen LogP contribution in [0.15, 0.2) is 0 Å². The number of nitrogens with zero attached hydrogens (tertiary/aromatic N) is 1. The number of sulfonamides is 1. The summed E-state index contributed by atoms with van der Waals surface area (Å²) < 4.78 is 21.6. The largest absolute Gasteiger partial charge is 0.340 e. The number of rotatable bonds is 5. The lowest BCUT2D eigenvalue weighted by molar-refractivity contribution is -0.129. The maximum Gasteiger partial charge on any atom is 0.239 e. The first-order chi connectivity index (χ1) is 7.29. The molecule has 0 saturated carbocycles. The Labute approximate surface area is 96.2 Å². The minimum Gasteiger partial charge on any atom is -0.340 e. The van der Waals surface area contributed by atoms with Crippen LogP contribution in [0.1, 0.15) is 20.3 Å². The molecule has 0 radical (unpaired) electrons. The molecule has 94 valence electrons. The highest BCUT2D eigenvalue weighted by Crippen LogP contribution is 2.11. The normalized spacial score (nSPS) is 22.1. The SMILES string of the molecule is CC(C)NC1CCN(CCS(N)(=O)=O)C1=O. The molecule has 0 aromatic carbocycles. The predicted molar refractivity (Wildman–Crippen MR) is 61.2 cm³/mol. The van der Waals surface area contributed by atoms with Gasteiger partial charge < -0.3 is 10.2 Å². The molecule has 1 heterocycles. The molecule has 0 bridgehead atoms. The fraction of sp³-hybridized carbons (Fsp3) is 0.889. The molecule has 0 spiro atoms. The van der Waals surface area contributed by atoms with E-state index < -0.39 is 10.0 Å². The minimum atomic E-state index is -3.49. The van der Waals surface area contributed by atoms with Crippen molar-refractivity contribution >= 4 is 15.9 Å². The topological polar surface area (TPSA) is 92.5 Å². The summed E-state index contributed by atoms with van der Waals surface area (Å²) in [6.45, 7) is 4.73. The highest BCUT2D eigenvalue weighted by molar-refractivity contribution is 7.89. The monoisotopic (exact) mass is 249 g/mol. The smallest absolute Gasteiger partial charge is 0.239 e. The van der Waals surface area contributed by atoms with E-state index in [0.717, 1.165) is 6.42 Å². The average molecular weight is 249 g/mol. The Hall–Kier alpha value is -0.660. The molecule has 1 aliphatic rings. The first kappa shape index (κ1) is 13.4. The van der Waals surface area contributed by atoms with E-state index in [1.54, 1.807) is 4.90 Å². The van der Waals surface area contributed by atoms with Gasteiger partial charge in [-0.1, -0.05) is 13.8 Å². The fourth-order valence-corrected chi connectivity index (χ4v) is 2.23. The number of nitrogens with two attached hydrogens (primary N) is 1. The summed E-state index contributed by atoms with van der Waals surface area (Å²) in [5.41, 5.74) is 0. The first-order valence-corrected chi connectivity index (χ1v) is 7.06. The van der Waals surface area contributed by atoms with Crippen molar-refractivity contribution in [1.29, 1.82) is 0 Å². The van der Waals surface area contributed by atoms with Crippen LogP contribution in [0.3, 0.4) is 0 Å². The summed E-state index contributed by atoms with van der Waals surface area (Å²) in [5.74, 6) is -0.204. The Balaban J connectivity index is 2.45. The van der Waals surface area contributed by atoms with Gasteiger partial charge in [0.25, 0.3) is 0 Å². The Morgan fingerprint density at radius 3 is 2.69 bits per heavy atom.